The number of nitro benzene ring substituents is 1. The van der Waals surface area contributed by atoms with Gasteiger partial charge in [-0.2, -0.15) is 5.10 Å². The Hall–Kier alpha value is -3.06. The standard InChI is InChI=1S/C19H17FN4O2/c20-15-5-2-1-4-14(15)19-18-16(21)6-3-7-17(18)23(22-19)12-8-10-13(11-9-12)24(25)26/h1-2,4-5,8-11,16H,3,6-7,21H2. The lowest BCUT2D eigenvalue weighted by Crippen LogP contribution is -2.18. The molecule has 3 aromatic rings. The van der Waals surface area contributed by atoms with Gasteiger partial charge in [-0.25, -0.2) is 9.07 Å². The van der Waals surface area contributed by atoms with E-state index in [9.17, 15) is 14.5 Å². The molecule has 0 aliphatic heterocycles. The van der Waals surface area contributed by atoms with E-state index in [0.717, 1.165) is 30.5 Å². The molecule has 1 unspecified atom stereocenters. The van der Waals surface area contributed by atoms with Crippen LogP contribution in [0.3, 0.4) is 0 Å². The third-order valence-corrected chi connectivity index (χ3v) is 4.76. The van der Waals surface area contributed by atoms with Crippen LogP contribution in [-0.2, 0) is 6.42 Å². The highest BCUT2D eigenvalue weighted by atomic mass is 19.1. The van der Waals surface area contributed by atoms with E-state index in [2.05, 4.69) is 5.10 Å². The smallest absolute Gasteiger partial charge is 0.269 e. The zero-order valence-electron chi connectivity index (χ0n) is 13.9. The Bertz CT molecular complexity index is 982. The molecule has 26 heavy (non-hydrogen) atoms. The van der Waals surface area contributed by atoms with Gasteiger partial charge in [0.05, 0.1) is 10.6 Å². The van der Waals surface area contributed by atoms with E-state index in [-0.39, 0.29) is 17.5 Å². The molecule has 1 aliphatic rings. The summed E-state index contributed by atoms with van der Waals surface area (Å²) in [6, 6.07) is 12.5. The molecular formula is C19H17FN4O2. The molecule has 0 fully saturated rings. The number of nitro groups is 1. The molecule has 1 aromatic heterocycles. The minimum Gasteiger partial charge on any atom is -0.324 e. The van der Waals surface area contributed by atoms with Crippen molar-refractivity contribution in [2.24, 2.45) is 5.73 Å². The average molecular weight is 352 g/mol. The van der Waals surface area contributed by atoms with Crippen molar-refractivity contribution < 1.29 is 9.31 Å². The highest BCUT2D eigenvalue weighted by Crippen LogP contribution is 2.38. The zero-order chi connectivity index (χ0) is 18.3. The maximum Gasteiger partial charge on any atom is 0.269 e. The van der Waals surface area contributed by atoms with Crippen LogP contribution < -0.4 is 5.73 Å². The first-order valence-electron chi connectivity index (χ1n) is 8.43. The van der Waals surface area contributed by atoms with Crippen molar-refractivity contribution in [1.29, 1.82) is 0 Å². The topological polar surface area (TPSA) is 87.0 Å². The molecule has 6 nitrogen and oxygen atoms in total. The summed E-state index contributed by atoms with van der Waals surface area (Å²) in [5.41, 5.74) is 9.80. The lowest BCUT2D eigenvalue weighted by atomic mass is 9.89. The minimum absolute atomic E-state index is 0.0146. The molecule has 0 spiro atoms. The number of non-ortho nitro benzene ring substituents is 1. The number of halogens is 1. The summed E-state index contributed by atoms with van der Waals surface area (Å²) in [7, 11) is 0. The van der Waals surface area contributed by atoms with E-state index < -0.39 is 4.92 Å². The number of benzene rings is 2. The first-order chi connectivity index (χ1) is 12.6. The molecule has 1 heterocycles. The Morgan fingerprint density at radius 3 is 2.62 bits per heavy atom. The van der Waals surface area contributed by atoms with Crippen LogP contribution in [-0.4, -0.2) is 14.7 Å². The van der Waals surface area contributed by atoms with Crippen LogP contribution in [0.4, 0.5) is 10.1 Å². The maximum absolute atomic E-state index is 14.4. The average Bonchev–Trinajstić information content (AvgIpc) is 3.03. The van der Waals surface area contributed by atoms with Crippen molar-refractivity contribution in [3.05, 3.63) is 75.7 Å². The molecule has 2 aromatic carbocycles. The molecular weight excluding hydrogens is 335 g/mol. The third kappa shape index (κ3) is 2.66. The normalized spacial score (nSPS) is 16.3. The largest absolute Gasteiger partial charge is 0.324 e. The van der Waals surface area contributed by atoms with Crippen molar-refractivity contribution in [1.82, 2.24) is 9.78 Å². The van der Waals surface area contributed by atoms with E-state index in [0.29, 0.717) is 16.9 Å². The summed E-state index contributed by atoms with van der Waals surface area (Å²) in [6.45, 7) is 0. The van der Waals surface area contributed by atoms with Gasteiger partial charge < -0.3 is 5.73 Å². The number of nitrogens with zero attached hydrogens (tertiary/aromatic N) is 3. The summed E-state index contributed by atoms with van der Waals surface area (Å²) in [5.74, 6) is -0.346. The van der Waals surface area contributed by atoms with Gasteiger partial charge in [0.2, 0.25) is 0 Å². The molecule has 7 heteroatoms. The van der Waals surface area contributed by atoms with E-state index in [1.54, 1.807) is 35.0 Å². The third-order valence-electron chi connectivity index (χ3n) is 4.76. The van der Waals surface area contributed by atoms with Crippen LogP contribution >= 0.6 is 0 Å². The van der Waals surface area contributed by atoms with E-state index in [4.69, 9.17) is 5.73 Å². The fourth-order valence-electron chi connectivity index (χ4n) is 3.51. The second-order valence-electron chi connectivity index (χ2n) is 6.37. The van der Waals surface area contributed by atoms with Crippen molar-refractivity contribution in [3.8, 4) is 16.9 Å². The highest BCUT2D eigenvalue weighted by molar-refractivity contribution is 5.67. The van der Waals surface area contributed by atoms with Gasteiger partial charge >= 0.3 is 0 Å². The molecule has 4 rings (SSSR count). The van der Waals surface area contributed by atoms with Crippen LogP contribution in [0.1, 0.15) is 30.1 Å². The predicted molar refractivity (Wildman–Crippen MR) is 95.5 cm³/mol. The predicted octanol–water partition coefficient (Wildman–Crippen LogP) is 3.92. The van der Waals surface area contributed by atoms with E-state index in [1.807, 2.05) is 0 Å². The Kier molecular flexibility index (Phi) is 4.00. The fourth-order valence-corrected chi connectivity index (χ4v) is 3.51. The summed E-state index contributed by atoms with van der Waals surface area (Å²) in [4.78, 5) is 10.4. The van der Waals surface area contributed by atoms with Gasteiger partial charge in [0.15, 0.2) is 0 Å². The van der Waals surface area contributed by atoms with Gasteiger partial charge in [-0.1, -0.05) is 12.1 Å². The Labute approximate surface area is 149 Å². The van der Waals surface area contributed by atoms with E-state index >= 15 is 0 Å². The van der Waals surface area contributed by atoms with Gasteiger partial charge in [-0.3, -0.25) is 10.1 Å². The SMILES string of the molecule is NC1CCCc2c1c(-c1ccccc1F)nn2-c1ccc([N+](=O)[O-])cc1. The molecule has 2 N–H and O–H groups in total. The highest BCUT2D eigenvalue weighted by Gasteiger charge is 2.28. The Morgan fingerprint density at radius 1 is 1.19 bits per heavy atom. The summed E-state index contributed by atoms with van der Waals surface area (Å²) < 4.78 is 16.1. The Morgan fingerprint density at radius 2 is 1.92 bits per heavy atom. The molecule has 0 saturated heterocycles. The van der Waals surface area contributed by atoms with Gasteiger partial charge in [0.25, 0.3) is 5.69 Å². The number of aromatic nitrogens is 2. The minimum atomic E-state index is -0.441. The molecule has 132 valence electrons. The second-order valence-corrected chi connectivity index (χ2v) is 6.37. The monoisotopic (exact) mass is 352 g/mol. The van der Waals surface area contributed by atoms with Crippen LogP contribution in [0.5, 0.6) is 0 Å². The second kappa shape index (κ2) is 6.34. The van der Waals surface area contributed by atoms with Gasteiger partial charge in [-0.05, 0) is 43.5 Å². The number of nitrogens with two attached hydrogens (primary N) is 1. The molecule has 0 saturated carbocycles. The maximum atomic E-state index is 14.4. The first-order valence-corrected chi connectivity index (χ1v) is 8.43. The Balaban J connectivity index is 1.90. The number of hydrogen-bond acceptors (Lipinski definition) is 4. The van der Waals surface area contributed by atoms with Crippen LogP contribution in [0.15, 0.2) is 48.5 Å². The van der Waals surface area contributed by atoms with Crippen LogP contribution in [0, 0.1) is 15.9 Å². The lowest BCUT2D eigenvalue weighted by Gasteiger charge is -2.20. The fraction of sp³-hybridized carbons (Fsp3) is 0.211. The summed E-state index contributed by atoms with van der Waals surface area (Å²) in [6.07, 6.45) is 2.52. The zero-order valence-corrected chi connectivity index (χ0v) is 13.9. The molecule has 0 radical (unpaired) electrons. The number of rotatable bonds is 3. The summed E-state index contributed by atoms with van der Waals surface area (Å²) in [5, 5.41) is 15.5. The van der Waals surface area contributed by atoms with Gasteiger partial charge in [-0.15, -0.1) is 0 Å². The van der Waals surface area contributed by atoms with Gasteiger partial charge in [0.1, 0.15) is 11.5 Å². The molecule has 0 amide bonds. The number of fused-ring (bicyclic) bond motifs is 1. The summed E-state index contributed by atoms with van der Waals surface area (Å²) >= 11 is 0. The van der Waals surface area contributed by atoms with Crippen molar-refractivity contribution in [2.45, 2.75) is 25.3 Å². The van der Waals surface area contributed by atoms with Crippen molar-refractivity contribution in [3.63, 3.8) is 0 Å². The van der Waals surface area contributed by atoms with Gasteiger partial charge in [0, 0.05) is 35.0 Å². The van der Waals surface area contributed by atoms with Crippen LogP contribution in [0.2, 0.25) is 0 Å². The van der Waals surface area contributed by atoms with Crippen molar-refractivity contribution in [2.75, 3.05) is 0 Å². The number of hydrogen-bond donors (Lipinski definition) is 1. The first kappa shape index (κ1) is 16.4. The lowest BCUT2D eigenvalue weighted by molar-refractivity contribution is -0.384. The molecule has 1 aliphatic carbocycles. The quantitative estimate of drug-likeness (QED) is 0.572. The van der Waals surface area contributed by atoms with Crippen molar-refractivity contribution >= 4 is 5.69 Å². The van der Waals surface area contributed by atoms with Crippen LogP contribution in [0.25, 0.3) is 16.9 Å². The molecule has 0 bridgehead atoms. The molecule has 1 atom stereocenters. The van der Waals surface area contributed by atoms with E-state index in [1.165, 1.54) is 18.2 Å².